The predicted molar refractivity (Wildman–Crippen MR) is 201 cm³/mol. The molecule has 0 radical (unpaired) electrons. The maximum atomic E-state index is 2.31. The molecule has 0 aliphatic carbocycles. The highest BCUT2D eigenvalue weighted by molar-refractivity contribution is 5.81. The zero-order chi connectivity index (χ0) is 31.8. The Morgan fingerprint density at radius 3 is 1.15 bits per heavy atom. The predicted octanol–water partition coefficient (Wildman–Crippen LogP) is 12.8. The van der Waals surface area contributed by atoms with Crippen LogP contribution in [0, 0.1) is 6.92 Å². The summed E-state index contributed by atoms with van der Waals surface area (Å²) in [6.07, 6.45) is 4.35. The summed E-state index contributed by atoms with van der Waals surface area (Å²) in [7, 11) is 0. The number of nitrogens with zero attached hydrogens (tertiary/aromatic N) is 2. The van der Waals surface area contributed by atoms with Crippen LogP contribution in [-0.2, 0) is 0 Å². The normalized spacial score (nSPS) is 11.0. The fourth-order valence-corrected chi connectivity index (χ4v) is 5.94. The Bertz CT molecular complexity index is 2010. The second-order valence-corrected chi connectivity index (χ2v) is 11.6. The van der Waals surface area contributed by atoms with Gasteiger partial charge in [0, 0.05) is 34.1 Å². The molecule has 7 rings (SSSR count). The molecule has 2 nitrogen and oxygen atoms in total. The molecule has 0 aliphatic heterocycles. The number of hydrogen-bond acceptors (Lipinski definition) is 2. The lowest BCUT2D eigenvalue weighted by Crippen LogP contribution is -2.11. The Morgan fingerprint density at radius 1 is 0.319 bits per heavy atom. The van der Waals surface area contributed by atoms with Crippen molar-refractivity contribution in [1.29, 1.82) is 0 Å². The summed E-state index contributed by atoms with van der Waals surface area (Å²) >= 11 is 0. The van der Waals surface area contributed by atoms with E-state index in [1.165, 1.54) is 27.9 Å². The van der Waals surface area contributed by atoms with Crippen LogP contribution in [-0.4, -0.2) is 0 Å². The highest BCUT2D eigenvalue weighted by Crippen LogP contribution is 2.37. The maximum Gasteiger partial charge on any atom is 0.0490 e. The van der Waals surface area contributed by atoms with Crippen LogP contribution in [0.15, 0.2) is 188 Å². The van der Waals surface area contributed by atoms with Crippen LogP contribution in [0.2, 0.25) is 0 Å². The first-order chi connectivity index (χ1) is 23.2. The van der Waals surface area contributed by atoms with Crippen LogP contribution < -0.4 is 9.80 Å². The van der Waals surface area contributed by atoms with Crippen molar-refractivity contribution >= 4 is 46.3 Å². The third-order valence-electron chi connectivity index (χ3n) is 8.39. The molecule has 47 heavy (non-hydrogen) atoms. The molecule has 0 aliphatic rings. The van der Waals surface area contributed by atoms with Gasteiger partial charge in [0.05, 0.1) is 0 Å². The van der Waals surface area contributed by atoms with Crippen LogP contribution in [0.25, 0.3) is 23.3 Å². The highest BCUT2D eigenvalue weighted by atomic mass is 15.1. The van der Waals surface area contributed by atoms with Crippen molar-refractivity contribution in [3.63, 3.8) is 0 Å². The van der Waals surface area contributed by atoms with E-state index in [1.54, 1.807) is 0 Å². The van der Waals surface area contributed by atoms with Gasteiger partial charge in [-0.2, -0.15) is 0 Å². The molecule has 0 bridgehead atoms. The second-order valence-electron chi connectivity index (χ2n) is 11.6. The largest absolute Gasteiger partial charge is 0.311 e. The van der Waals surface area contributed by atoms with Crippen LogP contribution in [0.4, 0.5) is 34.1 Å². The summed E-state index contributed by atoms with van der Waals surface area (Å²) in [4.78, 5) is 4.60. The van der Waals surface area contributed by atoms with Crippen molar-refractivity contribution in [2.24, 2.45) is 0 Å². The Labute approximate surface area is 278 Å². The van der Waals surface area contributed by atoms with E-state index in [9.17, 15) is 0 Å². The second kappa shape index (κ2) is 13.9. The number of benzene rings is 7. The lowest BCUT2D eigenvalue weighted by Gasteiger charge is -2.27. The van der Waals surface area contributed by atoms with Gasteiger partial charge in [-0.05, 0) is 101 Å². The molecule has 0 saturated heterocycles. The number of anilines is 6. The third-order valence-corrected chi connectivity index (χ3v) is 8.39. The van der Waals surface area contributed by atoms with Crippen LogP contribution in [0.1, 0.15) is 16.7 Å². The quantitative estimate of drug-likeness (QED) is 0.151. The molecule has 0 N–H and O–H groups in total. The smallest absolute Gasteiger partial charge is 0.0490 e. The van der Waals surface area contributed by atoms with E-state index in [0.717, 1.165) is 34.0 Å². The fraction of sp³-hybridized carbons (Fsp3) is 0.0222. The van der Waals surface area contributed by atoms with Crippen molar-refractivity contribution in [1.82, 2.24) is 0 Å². The van der Waals surface area contributed by atoms with Crippen LogP contribution in [0.3, 0.4) is 0 Å². The van der Waals surface area contributed by atoms with Gasteiger partial charge in [-0.1, -0.05) is 133 Å². The van der Waals surface area contributed by atoms with Crippen LogP contribution in [0.5, 0.6) is 0 Å². The van der Waals surface area contributed by atoms with Gasteiger partial charge in [0.15, 0.2) is 0 Å². The van der Waals surface area contributed by atoms with E-state index in [0.29, 0.717) is 0 Å². The molecule has 0 aromatic heterocycles. The van der Waals surface area contributed by atoms with Crippen molar-refractivity contribution in [3.8, 4) is 11.1 Å². The Balaban J connectivity index is 1.07. The van der Waals surface area contributed by atoms with Gasteiger partial charge < -0.3 is 9.80 Å². The minimum absolute atomic E-state index is 1.13. The number of rotatable bonds is 9. The molecule has 0 heterocycles. The topological polar surface area (TPSA) is 6.48 Å². The van der Waals surface area contributed by atoms with Crippen molar-refractivity contribution in [2.75, 3.05) is 9.80 Å². The SMILES string of the molecule is Cc1ccccc1N(c1ccccc1)c1ccc(/C=C/c2ccc(-c3ccc(N(c4ccccc4)c4ccccc4)cc3)cc2)cc1. The molecule has 0 fully saturated rings. The monoisotopic (exact) mass is 604 g/mol. The Hall–Kier alpha value is -6.12. The summed E-state index contributed by atoms with van der Waals surface area (Å²) < 4.78 is 0. The first-order valence-electron chi connectivity index (χ1n) is 16.0. The molecule has 0 spiro atoms. The summed E-state index contributed by atoms with van der Waals surface area (Å²) in [6.45, 7) is 2.16. The van der Waals surface area contributed by atoms with Crippen molar-refractivity contribution in [3.05, 3.63) is 205 Å². The molecular formula is C45H36N2. The van der Waals surface area contributed by atoms with Gasteiger partial charge in [0.2, 0.25) is 0 Å². The molecule has 0 atom stereocenters. The van der Waals surface area contributed by atoms with Gasteiger partial charge in [-0.15, -0.1) is 0 Å². The minimum atomic E-state index is 1.13. The first kappa shape index (κ1) is 29.6. The Morgan fingerprint density at radius 2 is 0.660 bits per heavy atom. The van der Waals surface area contributed by atoms with Crippen molar-refractivity contribution < 1.29 is 0 Å². The number of hydrogen-bond donors (Lipinski definition) is 0. The van der Waals surface area contributed by atoms with E-state index in [4.69, 9.17) is 0 Å². The molecule has 7 aromatic carbocycles. The molecule has 0 saturated carbocycles. The highest BCUT2D eigenvalue weighted by Gasteiger charge is 2.14. The van der Waals surface area contributed by atoms with Gasteiger partial charge in [0.1, 0.15) is 0 Å². The summed E-state index contributed by atoms with van der Waals surface area (Å²) in [5.41, 5.74) is 12.8. The van der Waals surface area contributed by atoms with E-state index in [2.05, 4.69) is 217 Å². The minimum Gasteiger partial charge on any atom is -0.311 e. The van der Waals surface area contributed by atoms with Gasteiger partial charge in [-0.3, -0.25) is 0 Å². The lowest BCUT2D eigenvalue weighted by atomic mass is 10.0. The molecule has 226 valence electrons. The number of aryl methyl sites for hydroxylation is 1. The average molecular weight is 605 g/mol. The van der Waals surface area contributed by atoms with E-state index in [-0.39, 0.29) is 0 Å². The summed E-state index contributed by atoms with van der Waals surface area (Å²) in [5.74, 6) is 0. The molecule has 7 aromatic rings. The molecular weight excluding hydrogens is 569 g/mol. The molecule has 2 heteroatoms. The lowest BCUT2D eigenvalue weighted by molar-refractivity contribution is 1.25. The molecule has 0 amide bonds. The standard InChI is InChI=1S/C45H36N2/c1-35-13-11-12-20-45(35)47(42-18-9-4-10-19-42)44-31-25-37(26-32-44)22-21-36-23-27-38(28-24-36)39-29-33-43(34-30-39)46(40-14-5-2-6-15-40)41-16-7-3-8-17-41/h2-34H,1H3/b22-21+. The fourth-order valence-electron chi connectivity index (χ4n) is 5.94. The van der Waals surface area contributed by atoms with Crippen molar-refractivity contribution in [2.45, 2.75) is 6.92 Å². The van der Waals surface area contributed by atoms with Gasteiger partial charge in [-0.25, -0.2) is 0 Å². The average Bonchev–Trinajstić information content (AvgIpc) is 3.14. The van der Waals surface area contributed by atoms with Gasteiger partial charge >= 0.3 is 0 Å². The zero-order valence-electron chi connectivity index (χ0n) is 26.4. The maximum absolute atomic E-state index is 2.31. The third kappa shape index (κ3) is 6.78. The van der Waals surface area contributed by atoms with Gasteiger partial charge in [0.25, 0.3) is 0 Å². The molecule has 0 unspecified atom stereocenters. The Kier molecular flexibility index (Phi) is 8.74. The first-order valence-corrected chi connectivity index (χ1v) is 16.0. The summed E-state index contributed by atoms with van der Waals surface area (Å²) in [6, 6.07) is 66.4. The summed E-state index contributed by atoms with van der Waals surface area (Å²) in [5, 5.41) is 0. The van der Waals surface area contributed by atoms with E-state index in [1.807, 2.05) is 0 Å². The van der Waals surface area contributed by atoms with E-state index >= 15 is 0 Å². The zero-order valence-corrected chi connectivity index (χ0v) is 26.4. The number of para-hydroxylation sites is 4. The van der Waals surface area contributed by atoms with E-state index < -0.39 is 0 Å². The van der Waals surface area contributed by atoms with Crippen LogP contribution >= 0.6 is 0 Å².